The minimum Gasteiger partial charge on any atom is -0.348 e. The molecule has 1 N–H and O–H groups in total. The van der Waals surface area contributed by atoms with Crippen molar-refractivity contribution in [2.75, 3.05) is 13.6 Å². The molecule has 0 saturated carbocycles. The number of carbonyl (C=O) groups excluding carboxylic acids is 1. The van der Waals surface area contributed by atoms with Gasteiger partial charge in [0, 0.05) is 11.6 Å². The van der Waals surface area contributed by atoms with Gasteiger partial charge in [-0.3, -0.25) is 9.69 Å². The maximum Gasteiger partial charge on any atom is 0.234 e. The van der Waals surface area contributed by atoms with E-state index in [-0.39, 0.29) is 11.9 Å². The second-order valence-corrected chi connectivity index (χ2v) is 5.94. The lowest BCUT2D eigenvalue weighted by Crippen LogP contribution is -2.36. The summed E-state index contributed by atoms with van der Waals surface area (Å²) in [6.07, 6.45) is 0. The van der Waals surface area contributed by atoms with Gasteiger partial charge in [-0.15, -0.1) is 0 Å². The van der Waals surface area contributed by atoms with Crippen molar-refractivity contribution in [3.05, 3.63) is 70.7 Å². The number of hydrogen-bond acceptors (Lipinski definition) is 2. The number of hydrogen-bond donors (Lipinski definition) is 1. The number of carbonyl (C=O) groups is 1. The van der Waals surface area contributed by atoms with Gasteiger partial charge in [0.05, 0.1) is 12.6 Å². The van der Waals surface area contributed by atoms with Crippen molar-refractivity contribution >= 4 is 17.5 Å². The molecule has 0 heterocycles. The van der Waals surface area contributed by atoms with Crippen LogP contribution in [0.2, 0.25) is 5.02 Å². The van der Waals surface area contributed by atoms with Gasteiger partial charge in [-0.1, -0.05) is 54.1 Å². The van der Waals surface area contributed by atoms with Gasteiger partial charge in [-0.25, -0.2) is 0 Å². The normalized spacial score (nSPS) is 12.2. The molecule has 0 aliphatic rings. The third kappa shape index (κ3) is 5.17. The molecule has 2 aromatic rings. The summed E-state index contributed by atoms with van der Waals surface area (Å²) in [6.45, 7) is 3.07. The van der Waals surface area contributed by atoms with E-state index in [4.69, 9.17) is 11.6 Å². The quantitative estimate of drug-likeness (QED) is 0.882. The standard InChI is InChI=1S/C18H21ClN2O/c1-14(16-9-6-10-17(19)11-16)20-18(22)13-21(2)12-15-7-4-3-5-8-15/h3-11,14H,12-13H2,1-2H3,(H,20,22). The van der Waals surface area contributed by atoms with Gasteiger partial charge < -0.3 is 5.32 Å². The average Bonchev–Trinajstić information content (AvgIpc) is 2.47. The Morgan fingerprint density at radius 1 is 1.18 bits per heavy atom. The number of rotatable bonds is 6. The van der Waals surface area contributed by atoms with Crippen LogP contribution in [-0.4, -0.2) is 24.4 Å². The van der Waals surface area contributed by atoms with Gasteiger partial charge in [-0.2, -0.15) is 0 Å². The van der Waals surface area contributed by atoms with Crippen LogP contribution in [0.3, 0.4) is 0 Å². The molecule has 0 aliphatic carbocycles. The van der Waals surface area contributed by atoms with E-state index in [0.717, 1.165) is 12.1 Å². The van der Waals surface area contributed by atoms with E-state index >= 15 is 0 Å². The van der Waals surface area contributed by atoms with Gasteiger partial charge in [0.1, 0.15) is 0 Å². The Morgan fingerprint density at radius 2 is 1.91 bits per heavy atom. The van der Waals surface area contributed by atoms with Crippen LogP contribution in [0.15, 0.2) is 54.6 Å². The van der Waals surface area contributed by atoms with Crippen molar-refractivity contribution in [3.8, 4) is 0 Å². The molecule has 1 amide bonds. The van der Waals surface area contributed by atoms with Crippen molar-refractivity contribution < 1.29 is 4.79 Å². The molecule has 1 unspecified atom stereocenters. The second kappa shape index (κ2) is 7.97. The maximum atomic E-state index is 12.1. The zero-order valence-electron chi connectivity index (χ0n) is 12.9. The lowest BCUT2D eigenvalue weighted by molar-refractivity contribution is -0.122. The van der Waals surface area contributed by atoms with E-state index in [1.54, 1.807) is 0 Å². The number of nitrogens with one attached hydrogen (secondary N) is 1. The van der Waals surface area contributed by atoms with E-state index in [1.165, 1.54) is 5.56 Å². The van der Waals surface area contributed by atoms with Crippen LogP contribution in [-0.2, 0) is 11.3 Å². The Morgan fingerprint density at radius 3 is 2.59 bits per heavy atom. The first-order valence-corrected chi connectivity index (χ1v) is 7.69. The van der Waals surface area contributed by atoms with Gasteiger partial charge >= 0.3 is 0 Å². The molecule has 0 aromatic heterocycles. The molecular weight excluding hydrogens is 296 g/mol. The monoisotopic (exact) mass is 316 g/mol. The van der Waals surface area contributed by atoms with Crippen LogP contribution in [0.4, 0.5) is 0 Å². The van der Waals surface area contributed by atoms with E-state index in [0.29, 0.717) is 11.6 Å². The Balaban J connectivity index is 1.84. The average molecular weight is 317 g/mol. The molecule has 0 aliphatic heterocycles. The van der Waals surface area contributed by atoms with E-state index in [9.17, 15) is 4.79 Å². The Kier molecular flexibility index (Phi) is 5.99. The molecule has 0 bridgehead atoms. The molecule has 2 rings (SSSR count). The molecular formula is C18H21ClN2O. The zero-order valence-corrected chi connectivity index (χ0v) is 13.7. The van der Waals surface area contributed by atoms with Gasteiger partial charge in [0.15, 0.2) is 0 Å². The van der Waals surface area contributed by atoms with Crippen LogP contribution in [0.5, 0.6) is 0 Å². The summed E-state index contributed by atoms with van der Waals surface area (Å²) in [6, 6.07) is 17.6. The molecule has 1 atom stereocenters. The predicted octanol–water partition coefficient (Wildman–Crippen LogP) is 3.65. The molecule has 116 valence electrons. The van der Waals surface area contributed by atoms with Gasteiger partial charge in [-0.05, 0) is 37.2 Å². The second-order valence-electron chi connectivity index (χ2n) is 5.50. The van der Waals surface area contributed by atoms with Crippen LogP contribution in [0.25, 0.3) is 0 Å². The molecule has 0 spiro atoms. The first kappa shape index (κ1) is 16.5. The summed E-state index contributed by atoms with van der Waals surface area (Å²) in [5.74, 6) is 0.00547. The summed E-state index contributed by atoms with van der Waals surface area (Å²) < 4.78 is 0. The fourth-order valence-corrected chi connectivity index (χ4v) is 2.54. The first-order valence-electron chi connectivity index (χ1n) is 7.32. The topological polar surface area (TPSA) is 32.3 Å². The van der Waals surface area contributed by atoms with Crippen molar-refractivity contribution in [2.45, 2.75) is 19.5 Å². The number of amides is 1. The summed E-state index contributed by atoms with van der Waals surface area (Å²) in [5.41, 5.74) is 2.20. The minimum atomic E-state index is -0.0590. The van der Waals surface area contributed by atoms with Gasteiger partial charge in [0.25, 0.3) is 0 Å². The fourth-order valence-electron chi connectivity index (χ4n) is 2.34. The Labute approximate surface area is 136 Å². The van der Waals surface area contributed by atoms with E-state index in [2.05, 4.69) is 17.4 Å². The molecule has 0 saturated heterocycles. The fraction of sp³-hybridized carbons (Fsp3) is 0.278. The molecule has 0 fully saturated rings. The summed E-state index contributed by atoms with van der Waals surface area (Å²) in [4.78, 5) is 14.1. The summed E-state index contributed by atoms with van der Waals surface area (Å²) in [7, 11) is 1.94. The van der Waals surface area contributed by atoms with Crippen LogP contribution in [0.1, 0.15) is 24.1 Å². The zero-order chi connectivity index (χ0) is 15.9. The molecule has 2 aromatic carbocycles. The predicted molar refractivity (Wildman–Crippen MR) is 90.8 cm³/mol. The van der Waals surface area contributed by atoms with Crippen LogP contribution in [0, 0.1) is 0 Å². The number of benzene rings is 2. The largest absolute Gasteiger partial charge is 0.348 e. The Bertz CT molecular complexity index is 615. The third-order valence-corrected chi connectivity index (χ3v) is 3.67. The van der Waals surface area contributed by atoms with Crippen molar-refractivity contribution in [1.29, 1.82) is 0 Å². The maximum absolute atomic E-state index is 12.1. The SMILES string of the molecule is CC(NC(=O)CN(C)Cc1ccccc1)c1cccc(Cl)c1. The van der Waals surface area contributed by atoms with Gasteiger partial charge in [0.2, 0.25) is 5.91 Å². The van der Waals surface area contributed by atoms with Crippen molar-refractivity contribution in [3.63, 3.8) is 0 Å². The third-order valence-electron chi connectivity index (χ3n) is 3.44. The highest BCUT2D eigenvalue weighted by molar-refractivity contribution is 6.30. The lowest BCUT2D eigenvalue weighted by Gasteiger charge is -2.19. The minimum absolute atomic E-state index is 0.00547. The molecule has 0 radical (unpaired) electrons. The highest BCUT2D eigenvalue weighted by atomic mass is 35.5. The summed E-state index contributed by atoms with van der Waals surface area (Å²) in [5, 5.41) is 3.68. The highest BCUT2D eigenvalue weighted by Gasteiger charge is 2.12. The van der Waals surface area contributed by atoms with Crippen molar-refractivity contribution in [1.82, 2.24) is 10.2 Å². The molecule has 22 heavy (non-hydrogen) atoms. The highest BCUT2D eigenvalue weighted by Crippen LogP contribution is 2.17. The number of nitrogens with zero attached hydrogens (tertiary/aromatic N) is 1. The smallest absolute Gasteiger partial charge is 0.234 e. The van der Waals surface area contributed by atoms with Crippen LogP contribution >= 0.6 is 11.6 Å². The summed E-state index contributed by atoms with van der Waals surface area (Å²) >= 11 is 5.98. The number of halogens is 1. The number of likely N-dealkylation sites (N-methyl/N-ethyl adjacent to an activating group) is 1. The Hall–Kier alpha value is -1.84. The lowest BCUT2D eigenvalue weighted by atomic mass is 10.1. The van der Waals surface area contributed by atoms with E-state index in [1.807, 2.05) is 61.3 Å². The van der Waals surface area contributed by atoms with Crippen molar-refractivity contribution in [2.24, 2.45) is 0 Å². The van der Waals surface area contributed by atoms with E-state index < -0.39 is 0 Å². The molecule has 4 heteroatoms. The molecule has 3 nitrogen and oxygen atoms in total. The van der Waals surface area contributed by atoms with Crippen LogP contribution < -0.4 is 5.32 Å². The first-order chi connectivity index (χ1) is 10.5.